The van der Waals surface area contributed by atoms with Crippen LogP contribution in [0, 0.1) is 11.3 Å². The van der Waals surface area contributed by atoms with Crippen molar-refractivity contribution in [2.24, 2.45) is 0 Å². The fraction of sp³-hybridized carbons (Fsp3) is 0.360. The molecule has 2 aromatic carbocycles. The lowest BCUT2D eigenvalue weighted by atomic mass is 10.1. The van der Waals surface area contributed by atoms with Crippen LogP contribution in [0.15, 0.2) is 48.8 Å². The molecule has 3 aromatic rings. The molecule has 9 nitrogen and oxygen atoms in total. The number of benzene rings is 2. The predicted octanol–water partition coefficient (Wildman–Crippen LogP) is 3.28. The Labute approximate surface area is 206 Å². The summed E-state index contributed by atoms with van der Waals surface area (Å²) in [6.45, 7) is 2.96. The van der Waals surface area contributed by atoms with Crippen molar-refractivity contribution in [1.29, 1.82) is 5.26 Å². The van der Waals surface area contributed by atoms with E-state index in [2.05, 4.69) is 31.2 Å². The van der Waals surface area contributed by atoms with Gasteiger partial charge in [0, 0.05) is 65.2 Å². The molecule has 0 unspecified atom stereocenters. The van der Waals surface area contributed by atoms with Gasteiger partial charge in [-0.3, -0.25) is 4.21 Å². The van der Waals surface area contributed by atoms with E-state index in [4.69, 9.17) is 9.47 Å². The summed E-state index contributed by atoms with van der Waals surface area (Å²) in [5, 5.41) is 12.9. The standard InChI is InChI=1S/C25H26N6O3S/c26-16-19-15-18(1-6-23(19)34-22-7-11-33-12-8-22)24-27-17-28-25(30-24)29-20-2-4-21(5-3-20)31-9-13-35(32)14-10-31/h1-6,15,17,22H,7-14H2,(H,27,28,29,30). The van der Waals surface area contributed by atoms with Crippen molar-refractivity contribution >= 4 is 28.1 Å². The minimum absolute atomic E-state index is 0.0555. The summed E-state index contributed by atoms with van der Waals surface area (Å²) in [5.74, 6) is 2.87. The van der Waals surface area contributed by atoms with Crippen LogP contribution in [0.5, 0.6) is 5.75 Å². The van der Waals surface area contributed by atoms with Gasteiger partial charge in [-0.05, 0) is 42.5 Å². The van der Waals surface area contributed by atoms with E-state index in [1.54, 1.807) is 12.1 Å². The first-order valence-electron chi connectivity index (χ1n) is 11.6. The number of nitriles is 1. The Morgan fingerprint density at radius 3 is 2.60 bits per heavy atom. The van der Waals surface area contributed by atoms with E-state index in [1.165, 1.54) is 6.33 Å². The Morgan fingerprint density at radius 2 is 1.86 bits per heavy atom. The van der Waals surface area contributed by atoms with Crippen molar-refractivity contribution in [2.75, 3.05) is 48.0 Å². The Morgan fingerprint density at radius 1 is 1.09 bits per heavy atom. The van der Waals surface area contributed by atoms with Crippen LogP contribution in [0.2, 0.25) is 0 Å². The van der Waals surface area contributed by atoms with Crippen LogP contribution in [0.1, 0.15) is 18.4 Å². The van der Waals surface area contributed by atoms with Gasteiger partial charge in [-0.2, -0.15) is 10.2 Å². The highest BCUT2D eigenvalue weighted by molar-refractivity contribution is 7.85. The molecule has 0 radical (unpaired) electrons. The molecule has 2 aliphatic rings. The Hall–Kier alpha value is -3.55. The average molecular weight is 491 g/mol. The third kappa shape index (κ3) is 5.75. The van der Waals surface area contributed by atoms with Crippen LogP contribution < -0.4 is 15.0 Å². The molecule has 5 rings (SSSR count). The van der Waals surface area contributed by atoms with E-state index < -0.39 is 10.8 Å². The summed E-state index contributed by atoms with van der Waals surface area (Å²) in [5.41, 5.74) is 3.12. The molecule has 10 heteroatoms. The van der Waals surface area contributed by atoms with Gasteiger partial charge in [0.1, 0.15) is 24.3 Å². The summed E-state index contributed by atoms with van der Waals surface area (Å²) in [7, 11) is -0.695. The minimum atomic E-state index is -0.695. The number of ether oxygens (including phenoxy) is 2. The highest BCUT2D eigenvalue weighted by atomic mass is 32.2. The van der Waals surface area contributed by atoms with E-state index >= 15 is 0 Å². The normalized spacial score (nSPS) is 17.1. The second-order valence-electron chi connectivity index (χ2n) is 8.39. The topological polar surface area (TPSA) is 113 Å². The molecule has 0 atom stereocenters. The van der Waals surface area contributed by atoms with Gasteiger partial charge in [-0.1, -0.05) is 0 Å². The first-order chi connectivity index (χ1) is 17.2. The summed E-state index contributed by atoms with van der Waals surface area (Å²) in [4.78, 5) is 15.3. The SMILES string of the molecule is N#Cc1cc(-c2ncnc(Nc3ccc(N4CCS(=O)CC4)cc3)n2)ccc1OC1CCOCC1. The van der Waals surface area contributed by atoms with Crippen molar-refractivity contribution in [2.45, 2.75) is 18.9 Å². The number of nitrogens with zero attached hydrogens (tertiary/aromatic N) is 5. The van der Waals surface area contributed by atoms with Crippen LogP contribution in [0.4, 0.5) is 17.3 Å². The summed E-state index contributed by atoms with van der Waals surface area (Å²) >= 11 is 0. The lowest BCUT2D eigenvalue weighted by molar-refractivity contribution is 0.0254. The predicted molar refractivity (Wildman–Crippen MR) is 134 cm³/mol. The van der Waals surface area contributed by atoms with Crippen LogP contribution in [-0.4, -0.2) is 63.1 Å². The van der Waals surface area contributed by atoms with Crippen LogP contribution in [0.25, 0.3) is 11.4 Å². The van der Waals surface area contributed by atoms with Gasteiger partial charge < -0.3 is 19.7 Å². The molecule has 0 aliphatic carbocycles. The second-order valence-corrected chi connectivity index (χ2v) is 10.1. The molecule has 2 fully saturated rings. The van der Waals surface area contributed by atoms with E-state index in [0.29, 0.717) is 53.4 Å². The van der Waals surface area contributed by atoms with Crippen molar-refractivity contribution in [3.8, 4) is 23.2 Å². The summed E-state index contributed by atoms with van der Waals surface area (Å²) in [6, 6.07) is 15.6. The fourth-order valence-electron chi connectivity index (χ4n) is 4.11. The maximum absolute atomic E-state index is 11.6. The number of anilines is 3. The van der Waals surface area contributed by atoms with Gasteiger partial charge >= 0.3 is 0 Å². The molecule has 0 amide bonds. The molecule has 0 saturated carbocycles. The fourth-order valence-corrected chi connectivity index (χ4v) is 5.16. The number of hydrogen-bond donors (Lipinski definition) is 1. The number of aromatic nitrogens is 3. The van der Waals surface area contributed by atoms with Crippen molar-refractivity contribution in [1.82, 2.24) is 15.0 Å². The van der Waals surface area contributed by atoms with Gasteiger partial charge in [-0.15, -0.1) is 0 Å². The third-order valence-corrected chi connectivity index (χ3v) is 7.33. The Balaban J connectivity index is 1.28. The third-order valence-electron chi connectivity index (χ3n) is 6.06. The van der Waals surface area contributed by atoms with E-state index in [-0.39, 0.29) is 6.10 Å². The lowest BCUT2D eigenvalue weighted by Crippen LogP contribution is -2.37. The molecule has 35 heavy (non-hydrogen) atoms. The van der Waals surface area contributed by atoms with Gasteiger partial charge in [0.25, 0.3) is 0 Å². The lowest BCUT2D eigenvalue weighted by Gasteiger charge is -2.28. The molecule has 2 aliphatic heterocycles. The van der Waals surface area contributed by atoms with E-state index in [9.17, 15) is 9.47 Å². The maximum Gasteiger partial charge on any atom is 0.230 e. The smallest absolute Gasteiger partial charge is 0.230 e. The Bertz CT molecular complexity index is 1230. The molecule has 0 spiro atoms. The van der Waals surface area contributed by atoms with Crippen molar-refractivity contribution < 1.29 is 13.7 Å². The second kappa shape index (κ2) is 10.8. The van der Waals surface area contributed by atoms with E-state index in [1.807, 2.05) is 30.3 Å². The number of hydrogen-bond acceptors (Lipinski definition) is 9. The zero-order valence-corrected chi connectivity index (χ0v) is 20.0. The average Bonchev–Trinajstić information content (AvgIpc) is 2.91. The monoisotopic (exact) mass is 490 g/mol. The number of nitrogens with one attached hydrogen (secondary N) is 1. The zero-order chi connectivity index (χ0) is 24.0. The first kappa shape index (κ1) is 23.2. The van der Waals surface area contributed by atoms with Gasteiger partial charge in [-0.25, -0.2) is 9.97 Å². The van der Waals surface area contributed by atoms with Crippen molar-refractivity contribution in [3.05, 3.63) is 54.4 Å². The van der Waals surface area contributed by atoms with Gasteiger partial charge in [0.2, 0.25) is 5.95 Å². The molecule has 1 N–H and O–H groups in total. The maximum atomic E-state index is 11.6. The zero-order valence-electron chi connectivity index (χ0n) is 19.2. The molecule has 1 aromatic heterocycles. The molecule has 3 heterocycles. The van der Waals surface area contributed by atoms with Crippen LogP contribution in [0.3, 0.4) is 0 Å². The largest absolute Gasteiger partial charge is 0.489 e. The minimum Gasteiger partial charge on any atom is -0.489 e. The summed E-state index contributed by atoms with van der Waals surface area (Å²) < 4.78 is 23.0. The molecular weight excluding hydrogens is 464 g/mol. The van der Waals surface area contributed by atoms with Gasteiger partial charge in [0.15, 0.2) is 5.82 Å². The first-order valence-corrected chi connectivity index (χ1v) is 13.1. The molecule has 180 valence electrons. The van der Waals surface area contributed by atoms with E-state index in [0.717, 1.165) is 37.3 Å². The molecule has 2 saturated heterocycles. The molecular formula is C25H26N6O3S. The van der Waals surface area contributed by atoms with Crippen molar-refractivity contribution in [3.63, 3.8) is 0 Å². The highest BCUT2D eigenvalue weighted by Gasteiger charge is 2.18. The number of rotatable bonds is 6. The molecule has 0 bridgehead atoms. The van der Waals surface area contributed by atoms with Crippen LogP contribution >= 0.6 is 0 Å². The quantitative estimate of drug-likeness (QED) is 0.556. The highest BCUT2D eigenvalue weighted by Crippen LogP contribution is 2.27. The Kier molecular flexibility index (Phi) is 7.16. The summed E-state index contributed by atoms with van der Waals surface area (Å²) in [6.07, 6.45) is 3.13. The van der Waals surface area contributed by atoms with Gasteiger partial charge in [0.05, 0.1) is 18.8 Å². The van der Waals surface area contributed by atoms with Crippen LogP contribution in [-0.2, 0) is 15.5 Å².